The monoisotopic (exact) mass is 312 g/mol. The van der Waals surface area contributed by atoms with Crippen molar-refractivity contribution in [3.63, 3.8) is 0 Å². The number of benzene rings is 2. The van der Waals surface area contributed by atoms with Crippen LogP contribution < -0.4 is 4.74 Å². The molecule has 120 valence electrons. The van der Waals surface area contributed by atoms with Crippen molar-refractivity contribution >= 4 is 5.97 Å². The van der Waals surface area contributed by atoms with Crippen molar-refractivity contribution in [3.05, 3.63) is 59.2 Å². The number of ether oxygens (including phenoxy) is 1. The van der Waals surface area contributed by atoms with Crippen molar-refractivity contribution < 1.29 is 19.3 Å². The Bertz CT molecular complexity index is 734. The predicted octanol–water partition coefficient (Wildman–Crippen LogP) is 4.16. The molecule has 0 aliphatic carbocycles. The molecule has 4 nitrogen and oxygen atoms in total. The van der Waals surface area contributed by atoms with E-state index in [1.54, 1.807) is 6.92 Å². The predicted molar refractivity (Wildman–Crippen MR) is 86.5 cm³/mol. The maximum atomic E-state index is 11.9. The second-order valence-corrected chi connectivity index (χ2v) is 6.06. The average molecular weight is 312 g/mol. The fourth-order valence-corrected chi connectivity index (χ4v) is 2.97. The largest absolute Gasteiger partial charge is 0.456 e. The van der Waals surface area contributed by atoms with Crippen molar-refractivity contribution in [2.45, 2.75) is 32.6 Å². The van der Waals surface area contributed by atoms with E-state index in [1.165, 1.54) is 0 Å². The first-order valence-corrected chi connectivity index (χ1v) is 7.76. The van der Waals surface area contributed by atoms with Crippen LogP contribution in [0.5, 0.6) is 11.5 Å². The van der Waals surface area contributed by atoms with Gasteiger partial charge in [0.2, 0.25) is 0 Å². The maximum Gasteiger partial charge on any atom is 0.346 e. The molecule has 2 aromatic carbocycles. The Balaban J connectivity index is 1.98. The molecule has 0 bridgehead atoms. The average Bonchev–Trinajstić information content (AvgIpc) is 2.54. The highest BCUT2D eigenvalue weighted by Gasteiger charge is 2.35. The van der Waals surface area contributed by atoms with E-state index < -0.39 is 5.97 Å². The molecule has 1 aliphatic rings. The molecule has 0 unspecified atom stereocenters. The van der Waals surface area contributed by atoms with Crippen LogP contribution >= 0.6 is 0 Å². The Morgan fingerprint density at radius 1 is 1.09 bits per heavy atom. The van der Waals surface area contributed by atoms with Crippen LogP contribution in [-0.4, -0.2) is 12.6 Å². The van der Waals surface area contributed by atoms with Gasteiger partial charge in [0, 0.05) is 22.1 Å². The third-order valence-corrected chi connectivity index (χ3v) is 4.15. The molecule has 0 aromatic heterocycles. The summed E-state index contributed by atoms with van der Waals surface area (Å²) in [7, 11) is 0. The molecule has 0 fully saturated rings. The van der Waals surface area contributed by atoms with Crippen LogP contribution in [0.2, 0.25) is 0 Å². The molecule has 3 rings (SSSR count). The molecule has 1 heterocycles. The first kappa shape index (κ1) is 15.6. The van der Waals surface area contributed by atoms with Gasteiger partial charge in [0.05, 0.1) is 13.0 Å². The minimum Gasteiger partial charge on any atom is -0.456 e. The van der Waals surface area contributed by atoms with Gasteiger partial charge in [-0.1, -0.05) is 50.2 Å². The lowest BCUT2D eigenvalue weighted by Crippen LogP contribution is -2.25. The lowest BCUT2D eigenvalue weighted by Gasteiger charge is -2.35. The van der Waals surface area contributed by atoms with Crippen LogP contribution in [0.3, 0.4) is 0 Å². The fraction of sp³-hybridized carbons (Fsp3) is 0.316. The van der Waals surface area contributed by atoms with Gasteiger partial charge in [0.1, 0.15) is 11.5 Å². The quantitative estimate of drug-likeness (QED) is 0.628. The number of hydrogen-bond acceptors (Lipinski definition) is 4. The normalized spacial score (nSPS) is 14.4. The van der Waals surface area contributed by atoms with Gasteiger partial charge in [-0.25, -0.2) is 4.79 Å². The SMILES string of the molecule is CCOOC(=O)Cc1cccc2c1Oc1ccccc1C2(C)C. The lowest BCUT2D eigenvalue weighted by atomic mass is 9.75. The van der Waals surface area contributed by atoms with Gasteiger partial charge in [-0.15, -0.1) is 0 Å². The summed E-state index contributed by atoms with van der Waals surface area (Å²) in [6.45, 7) is 6.42. The summed E-state index contributed by atoms with van der Waals surface area (Å²) >= 11 is 0. The molecule has 4 heteroatoms. The van der Waals surface area contributed by atoms with E-state index in [0.717, 1.165) is 28.2 Å². The summed E-state index contributed by atoms with van der Waals surface area (Å²) < 4.78 is 6.10. The summed E-state index contributed by atoms with van der Waals surface area (Å²) in [5, 5.41) is 0. The minimum absolute atomic E-state index is 0.113. The summed E-state index contributed by atoms with van der Waals surface area (Å²) in [6.07, 6.45) is 0.113. The van der Waals surface area contributed by atoms with E-state index in [2.05, 4.69) is 19.9 Å². The fourth-order valence-electron chi connectivity index (χ4n) is 2.97. The highest BCUT2D eigenvalue weighted by atomic mass is 17.2. The Morgan fingerprint density at radius 2 is 1.83 bits per heavy atom. The Kier molecular flexibility index (Phi) is 4.09. The molecule has 0 N–H and O–H groups in total. The van der Waals surface area contributed by atoms with Crippen LogP contribution in [0.1, 0.15) is 37.5 Å². The minimum atomic E-state index is -0.430. The second kappa shape index (κ2) is 6.05. The van der Waals surface area contributed by atoms with E-state index in [0.29, 0.717) is 6.61 Å². The first-order chi connectivity index (χ1) is 11.0. The van der Waals surface area contributed by atoms with Gasteiger partial charge in [0.25, 0.3) is 0 Å². The van der Waals surface area contributed by atoms with E-state index >= 15 is 0 Å². The molecule has 0 amide bonds. The maximum absolute atomic E-state index is 11.9. The van der Waals surface area contributed by atoms with Gasteiger partial charge >= 0.3 is 5.97 Å². The summed E-state index contributed by atoms with van der Waals surface area (Å²) in [5.74, 6) is 1.14. The second-order valence-electron chi connectivity index (χ2n) is 6.06. The zero-order valence-electron chi connectivity index (χ0n) is 13.6. The van der Waals surface area contributed by atoms with Crippen molar-refractivity contribution in [1.82, 2.24) is 0 Å². The molecule has 0 saturated carbocycles. The van der Waals surface area contributed by atoms with Gasteiger partial charge in [-0.3, -0.25) is 4.89 Å². The summed E-state index contributed by atoms with van der Waals surface area (Å²) in [6, 6.07) is 13.9. The Morgan fingerprint density at radius 3 is 2.61 bits per heavy atom. The molecule has 2 aromatic rings. The van der Waals surface area contributed by atoms with Crippen molar-refractivity contribution in [3.8, 4) is 11.5 Å². The number of para-hydroxylation sites is 2. The molecule has 1 aliphatic heterocycles. The van der Waals surface area contributed by atoms with Crippen LogP contribution in [0.4, 0.5) is 0 Å². The molecule has 0 radical (unpaired) electrons. The third kappa shape index (κ3) is 2.82. The molecule has 0 atom stereocenters. The molecule has 0 saturated heterocycles. The number of rotatable bonds is 4. The Hall–Kier alpha value is -2.33. The smallest absolute Gasteiger partial charge is 0.346 e. The van der Waals surface area contributed by atoms with Gasteiger partial charge in [0.15, 0.2) is 0 Å². The van der Waals surface area contributed by atoms with Gasteiger partial charge in [-0.05, 0) is 13.0 Å². The van der Waals surface area contributed by atoms with E-state index in [9.17, 15) is 4.79 Å². The highest BCUT2D eigenvalue weighted by Crippen LogP contribution is 2.48. The van der Waals surface area contributed by atoms with E-state index in [4.69, 9.17) is 14.5 Å². The molecular weight excluding hydrogens is 292 g/mol. The van der Waals surface area contributed by atoms with Gasteiger partial charge < -0.3 is 4.74 Å². The van der Waals surface area contributed by atoms with Crippen molar-refractivity contribution in [1.29, 1.82) is 0 Å². The molecular formula is C19H20O4. The first-order valence-electron chi connectivity index (χ1n) is 7.76. The van der Waals surface area contributed by atoms with Crippen LogP contribution in [-0.2, 0) is 26.4 Å². The molecule has 23 heavy (non-hydrogen) atoms. The van der Waals surface area contributed by atoms with Crippen LogP contribution in [0.15, 0.2) is 42.5 Å². The van der Waals surface area contributed by atoms with Crippen molar-refractivity contribution in [2.24, 2.45) is 0 Å². The summed E-state index contributed by atoms with van der Waals surface area (Å²) in [5.41, 5.74) is 2.82. The van der Waals surface area contributed by atoms with E-state index in [-0.39, 0.29) is 11.8 Å². The lowest BCUT2D eigenvalue weighted by molar-refractivity contribution is -0.269. The summed E-state index contributed by atoms with van der Waals surface area (Å²) in [4.78, 5) is 21.3. The van der Waals surface area contributed by atoms with Gasteiger partial charge in [-0.2, -0.15) is 4.89 Å². The zero-order valence-corrected chi connectivity index (χ0v) is 13.6. The number of carbonyl (C=O) groups excluding carboxylic acids is 1. The Labute approximate surface area is 135 Å². The number of carbonyl (C=O) groups is 1. The van der Waals surface area contributed by atoms with Crippen LogP contribution in [0, 0.1) is 0 Å². The third-order valence-electron chi connectivity index (χ3n) is 4.15. The van der Waals surface area contributed by atoms with Crippen molar-refractivity contribution in [2.75, 3.05) is 6.61 Å². The molecule has 0 spiro atoms. The van der Waals surface area contributed by atoms with Crippen LogP contribution in [0.25, 0.3) is 0 Å². The number of fused-ring (bicyclic) bond motifs is 2. The zero-order chi connectivity index (χ0) is 16.4. The number of hydrogen-bond donors (Lipinski definition) is 0. The topological polar surface area (TPSA) is 44.8 Å². The van der Waals surface area contributed by atoms with E-state index in [1.807, 2.05) is 36.4 Å². The highest BCUT2D eigenvalue weighted by molar-refractivity contribution is 5.74. The standard InChI is InChI=1S/C19H20O4/c1-4-21-23-17(20)12-13-8-7-10-15-18(13)22-16-11-6-5-9-14(16)19(15,2)3/h5-11H,4,12H2,1-3H3.